The van der Waals surface area contributed by atoms with Gasteiger partial charge < -0.3 is 20.2 Å². The van der Waals surface area contributed by atoms with Gasteiger partial charge in [0, 0.05) is 50.6 Å². The molecule has 3 aliphatic heterocycles. The first-order valence-corrected chi connectivity index (χ1v) is 9.26. The van der Waals surface area contributed by atoms with Crippen LogP contribution < -0.4 is 5.32 Å². The van der Waals surface area contributed by atoms with Crippen molar-refractivity contribution in [2.75, 3.05) is 39.3 Å². The van der Waals surface area contributed by atoms with E-state index in [0.29, 0.717) is 19.4 Å². The zero-order valence-corrected chi connectivity index (χ0v) is 14.4. The molecule has 0 radical (unpaired) electrons. The summed E-state index contributed by atoms with van der Waals surface area (Å²) in [5.41, 5.74) is 0.730. The summed E-state index contributed by atoms with van der Waals surface area (Å²) in [5.74, 6) is -0.343. The number of nitrogens with one attached hydrogen (secondary N) is 1. The van der Waals surface area contributed by atoms with Crippen molar-refractivity contribution in [2.24, 2.45) is 5.92 Å². The molecule has 0 aromatic rings. The third kappa shape index (κ3) is 2.93. The van der Waals surface area contributed by atoms with Crippen LogP contribution in [0.25, 0.3) is 0 Å². The van der Waals surface area contributed by atoms with Crippen molar-refractivity contribution < 1.29 is 14.7 Å². The third-order valence-corrected chi connectivity index (χ3v) is 5.75. The van der Waals surface area contributed by atoms with Gasteiger partial charge in [0.25, 0.3) is 5.91 Å². The fourth-order valence-corrected chi connectivity index (χ4v) is 4.43. The van der Waals surface area contributed by atoms with E-state index in [1.165, 1.54) is 0 Å². The molecule has 25 heavy (non-hydrogen) atoms. The lowest BCUT2D eigenvalue weighted by atomic mass is 9.83. The van der Waals surface area contributed by atoms with Gasteiger partial charge in [0.15, 0.2) is 5.78 Å². The molecule has 2 atom stereocenters. The van der Waals surface area contributed by atoms with Gasteiger partial charge in [0.1, 0.15) is 11.3 Å². The predicted octanol–water partition coefficient (Wildman–Crippen LogP) is 0.780. The van der Waals surface area contributed by atoms with E-state index in [4.69, 9.17) is 0 Å². The average Bonchev–Trinajstić information content (AvgIpc) is 3.06. The van der Waals surface area contributed by atoms with Crippen molar-refractivity contribution in [3.05, 3.63) is 35.1 Å². The van der Waals surface area contributed by atoms with Crippen LogP contribution in [0, 0.1) is 5.92 Å². The highest BCUT2D eigenvalue weighted by atomic mass is 16.3. The van der Waals surface area contributed by atoms with E-state index in [2.05, 4.69) is 16.3 Å². The molecule has 6 heteroatoms. The first-order chi connectivity index (χ1) is 12.2. The number of ketones is 1. The summed E-state index contributed by atoms with van der Waals surface area (Å²) in [6.45, 7) is 5.47. The lowest BCUT2D eigenvalue weighted by molar-refractivity contribution is -0.131. The van der Waals surface area contributed by atoms with Gasteiger partial charge in [-0.3, -0.25) is 9.59 Å². The summed E-state index contributed by atoms with van der Waals surface area (Å²) < 4.78 is 0. The number of rotatable bonds is 5. The van der Waals surface area contributed by atoms with Crippen molar-refractivity contribution in [1.29, 1.82) is 0 Å². The molecule has 2 unspecified atom stereocenters. The van der Waals surface area contributed by atoms with E-state index in [-0.39, 0.29) is 35.0 Å². The summed E-state index contributed by atoms with van der Waals surface area (Å²) in [5, 5.41) is 13.9. The van der Waals surface area contributed by atoms with Gasteiger partial charge in [-0.15, -0.1) is 0 Å². The van der Waals surface area contributed by atoms with E-state index >= 15 is 0 Å². The number of hydrogen-bond donors (Lipinski definition) is 2. The molecule has 0 saturated carbocycles. The Morgan fingerprint density at radius 2 is 2.08 bits per heavy atom. The van der Waals surface area contributed by atoms with Gasteiger partial charge in [-0.05, 0) is 19.4 Å². The van der Waals surface area contributed by atoms with Crippen molar-refractivity contribution in [3.63, 3.8) is 0 Å². The zero-order valence-electron chi connectivity index (χ0n) is 14.4. The maximum atomic E-state index is 12.8. The molecule has 4 aliphatic rings. The molecule has 0 aromatic heterocycles. The number of aliphatic hydroxyl groups excluding tert-OH is 1. The van der Waals surface area contributed by atoms with E-state index in [1.54, 1.807) is 4.90 Å². The molecular formula is C19H25N3O3. The summed E-state index contributed by atoms with van der Waals surface area (Å²) >= 11 is 0. The monoisotopic (exact) mass is 343 g/mol. The van der Waals surface area contributed by atoms with Crippen LogP contribution in [0.1, 0.15) is 19.3 Å². The second-order valence-electron chi connectivity index (χ2n) is 7.24. The quantitative estimate of drug-likeness (QED) is 0.722. The largest absolute Gasteiger partial charge is 0.507 e. The van der Waals surface area contributed by atoms with Gasteiger partial charge in [0.05, 0.1) is 6.04 Å². The number of Topliss-reactive ketones (excluding diaryl/α,β-unsaturated/α-hetero) is 1. The number of carbonyl (C=O) groups is 2. The molecule has 2 fully saturated rings. The van der Waals surface area contributed by atoms with Crippen LogP contribution in [-0.2, 0) is 9.59 Å². The Morgan fingerprint density at radius 3 is 2.88 bits per heavy atom. The number of aliphatic hydroxyl groups is 1. The maximum Gasteiger partial charge on any atom is 0.261 e. The second kappa shape index (κ2) is 6.77. The van der Waals surface area contributed by atoms with Crippen molar-refractivity contribution in [1.82, 2.24) is 15.1 Å². The Balaban J connectivity index is 1.46. The standard InChI is InChI=1S/C19H25N3O3/c23-15(5-2-9-21-11-7-20-8-12-21)16-18(24)14-4-1-3-13-6-10-22(17(13)14)19(16)25/h1,3-4,13,17,20,24H,2,5-12H2. The lowest BCUT2D eigenvalue weighted by Gasteiger charge is -2.35. The van der Waals surface area contributed by atoms with Crippen molar-refractivity contribution in [3.8, 4) is 0 Å². The van der Waals surface area contributed by atoms with E-state index in [9.17, 15) is 14.7 Å². The highest BCUT2D eigenvalue weighted by molar-refractivity contribution is 6.21. The maximum absolute atomic E-state index is 12.8. The Morgan fingerprint density at radius 1 is 1.28 bits per heavy atom. The predicted molar refractivity (Wildman–Crippen MR) is 94.0 cm³/mol. The summed E-state index contributed by atoms with van der Waals surface area (Å²) in [6.07, 6.45) is 7.78. The van der Waals surface area contributed by atoms with Gasteiger partial charge >= 0.3 is 0 Å². The number of allylic oxidation sites excluding steroid dienone is 2. The molecule has 1 amide bonds. The number of carbonyl (C=O) groups excluding carboxylic acids is 2. The molecular weight excluding hydrogens is 318 g/mol. The Labute approximate surface area is 147 Å². The van der Waals surface area contributed by atoms with Gasteiger partial charge in [-0.1, -0.05) is 18.2 Å². The summed E-state index contributed by atoms with van der Waals surface area (Å²) in [7, 11) is 0. The minimum Gasteiger partial charge on any atom is -0.507 e. The molecule has 134 valence electrons. The van der Waals surface area contributed by atoms with Crippen molar-refractivity contribution >= 4 is 11.7 Å². The van der Waals surface area contributed by atoms with E-state index in [0.717, 1.165) is 44.7 Å². The Kier molecular flexibility index (Phi) is 4.48. The van der Waals surface area contributed by atoms with Crippen LogP contribution >= 0.6 is 0 Å². The van der Waals surface area contributed by atoms with Gasteiger partial charge in [0.2, 0.25) is 0 Å². The summed E-state index contributed by atoms with van der Waals surface area (Å²) in [4.78, 5) is 29.5. The van der Waals surface area contributed by atoms with Gasteiger partial charge in [-0.2, -0.15) is 0 Å². The topological polar surface area (TPSA) is 72.9 Å². The second-order valence-corrected chi connectivity index (χ2v) is 7.24. The van der Waals surface area contributed by atoms with Crippen LogP contribution in [0.4, 0.5) is 0 Å². The molecule has 2 saturated heterocycles. The number of hydrogen-bond acceptors (Lipinski definition) is 5. The molecule has 4 rings (SSSR count). The molecule has 2 N–H and O–H groups in total. The van der Waals surface area contributed by atoms with Crippen LogP contribution in [-0.4, -0.2) is 71.9 Å². The Hall–Kier alpha value is -1.92. The number of amides is 1. The number of nitrogens with zero attached hydrogens (tertiary/aromatic N) is 2. The highest BCUT2D eigenvalue weighted by Crippen LogP contribution is 2.41. The molecule has 6 nitrogen and oxygen atoms in total. The normalized spacial score (nSPS) is 29.0. The zero-order chi connectivity index (χ0) is 17.4. The van der Waals surface area contributed by atoms with Crippen LogP contribution in [0.3, 0.4) is 0 Å². The van der Waals surface area contributed by atoms with Gasteiger partial charge in [-0.25, -0.2) is 0 Å². The summed E-state index contributed by atoms with van der Waals surface area (Å²) in [6, 6.07) is -0.0881. The smallest absolute Gasteiger partial charge is 0.261 e. The minimum absolute atomic E-state index is 0.00115. The molecule has 0 aromatic carbocycles. The van der Waals surface area contributed by atoms with Crippen LogP contribution in [0.2, 0.25) is 0 Å². The number of piperazine rings is 1. The van der Waals surface area contributed by atoms with E-state index in [1.807, 2.05) is 12.2 Å². The average molecular weight is 343 g/mol. The molecule has 0 bridgehead atoms. The fraction of sp³-hybridized carbons (Fsp3) is 0.579. The molecule has 3 heterocycles. The molecule has 0 spiro atoms. The minimum atomic E-state index is -0.287. The third-order valence-electron chi connectivity index (χ3n) is 5.75. The van der Waals surface area contributed by atoms with E-state index < -0.39 is 0 Å². The fourth-order valence-electron chi connectivity index (χ4n) is 4.43. The SMILES string of the molecule is O=C(CCCN1CCNCC1)C1=C(O)C2=CC=CC3CCN(C1=O)C23. The van der Waals surface area contributed by atoms with Crippen molar-refractivity contribution in [2.45, 2.75) is 25.3 Å². The molecule has 1 aliphatic carbocycles. The highest BCUT2D eigenvalue weighted by Gasteiger charge is 2.47. The van der Waals surface area contributed by atoms with Crippen LogP contribution in [0.15, 0.2) is 35.1 Å². The Bertz CT molecular complexity index is 673. The first kappa shape index (κ1) is 16.5. The van der Waals surface area contributed by atoms with Crippen LogP contribution in [0.5, 0.6) is 0 Å². The lowest BCUT2D eigenvalue weighted by Crippen LogP contribution is -2.46. The first-order valence-electron chi connectivity index (χ1n) is 9.26.